The number of rotatable bonds is 6. The second-order valence-corrected chi connectivity index (χ2v) is 8.61. The van der Waals surface area contributed by atoms with E-state index in [0.29, 0.717) is 17.5 Å². The fourth-order valence-electron chi connectivity index (χ4n) is 3.94. The van der Waals surface area contributed by atoms with Crippen LogP contribution in [0.25, 0.3) is 0 Å². The number of hydrazine groups is 1. The van der Waals surface area contributed by atoms with Gasteiger partial charge in [-0.3, -0.25) is 15.0 Å². The quantitative estimate of drug-likeness (QED) is 0.533. The van der Waals surface area contributed by atoms with Gasteiger partial charge in [-0.15, -0.1) is 0 Å². The van der Waals surface area contributed by atoms with E-state index >= 15 is 0 Å². The van der Waals surface area contributed by atoms with Crippen molar-refractivity contribution < 1.29 is 14.7 Å². The van der Waals surface area contributed by atoms with Gasteiger partial charge in [-0.1, -0.05) is 96.4 Å². The van der Waals surface area contributed by atoms with Crippen LogP contribution in [0.1, 0.15) is 59.7 Å². The van der Waals surface area contributed by atoms with Crippen LogP contribution in [0.5, 0.6) is 0 Å². The molecule has 0 bridgehead atoms. The largest absolute Gasteiger partial charge is 0.372 e. The number of carbonyl (C=O) groups excluding carboxylic acids is 2. The fraction of sp³-hybridized carbons (Fsp3) is 0.286. The lowest BCUT2D eigenvalue weighted by Crippen LogP contribution is -2.54. The standard InChI is InChI=1S/C28H32N2O3/c1-6-26(23-13-7-19(2)8-14-23)30(22(5)31)29-27(32)28(33,24-15-9-20(3)10-16-24)25-17-11-21(4)12-18-25/h7-18,26,33H,6H2,1-5H3,(H,29,32). The van der Waals surface area contributed by atoms with E-state index in [9.17, 15) is 14.7 Å². The zero-order chi connectivity index (χ0) is 24.2. The van der Waals surface area contributed by atoms with Gasteiger partial charge < -0.3 is 5.11 Å². The molecule has 1 unspecified atom stereocenters. The SMILES string of the molecule is CCC(c1ccc(C)cc1)N(NC(=O)C(O)(c1ccc(C)cc1)c1ccc(C)cc1)C(C)=O. The summed E-state index contributed by atoms with van der Waals surface area (Å²) in [5.41, 5.74) is 5.69. The van der Waals surface area contributed by atoms with Crippen molar-refractivity contribution in [3.8, 4) is 0 Å². The summed E-state index contributed by atoms with van der Waals surface area (Å²) in [6.07, 6.45) is 0.594. The Bertz CT molecular complexity index is 1060. The van der Waals surface area contributed by atoms with E-state index in [1.165, 1.54) is 11.9 Å². The van der Waals surface area contributed by atoms with E-state index in [2.05, 4.69) is 5.43 Å². The summed E-state index contributed by atoms with van der Waals surface area (Å²) < 4.78 is 0. The normalized spacial score (nSPS) is 12.2. The van der Waals surface area contributed by atoms with E-state index in [1.807, 2.05) is 76.2 Å². The van der Waals surface area contributed by atoms with Crippen LogP contribution in [0.15, 0.2) is 72.8 Å². The number of carbonyl (C=O) groups is 2. The monoisotopic (exact) mass is 444 g/mol. The molecule has 3 rings (SSSR count). The topological polar surface area (TPSA) is 69.6 Å². The molecule has 2 amide bonds. The van der Waals surface area contributed by atoms with E-state index in [4.69, 9.17) is 0 Å². The number of aryl methyl sites for hydroxylation is 3. The molecule has 5 heteroatoms. The molecule has 0 saturated heterocycles. The Morgan fingerprint density at radius 2 is 1.21 bits per heavy atom. The summed E-state index contributed by atoms with van der Waals surface area (Å²) in [5.74, 6) is -0.998. The predicted octanol–water partition coefficient (Wildman–Crippen LogP) is 4.88. The number of benzene rings is 3. The van der Waals surface area contributed by atoms with Gasteiger partial charge in [0, 0.05) is 6.92 Å². The van der Waals surface area contributed by atoms with Crippen molar-refractivity contribution in [2.24, 2.45) is 0 Å². The third kappa shape index (κ3) is 5.15. The Balaban J connectivity index is 2.03. The molecule has 3 aromatic rings. The van der Waals surface area contributed by atoms with Gasteiger partial charge in [-0.2, -0.15) is 0 Å². The minimum absolute atomic E-state index is 0.314. The van der Waals surface area contributed by atoms with Crippen molar-refractivity contribution in [2.75, 3.05) is 0 Å². The van der Waals surface area contributed by atoms with Gasteiger partial charge in [0.15, 0.2) is 5.60 Å². The molecule has 2 N–H and O–H groups in total. The van der Waals surface area contributed by atoms with E-state index in [0.717, 1.165) is 22.3 Å². The van der Waals surface area contributed by atoms with Crippen LogP contribution in [0.2, 0.25) is 0 Å². The Kier molecular flexibility index (Phi) is 7.34. The van der Waals surface area contributed by atoms with Crippen molar-refractivity contribution in [2.45, 2.75) is 52.7 Å². The summed E-state index contributed by atoms with van der Waals surface area (Å²) in [6.45, 7) is 9.25. The average molecular weight is 445 g/mol. The first-order valence-corrected chi connectivity index (χ1v) is 11.2. The van der Waals surface area contributed by atoms with Crippen molar-refractivity contribution in [3.63, 3.8) is 0 Å². The lowest BCUT2D eigenvalue weighted by molar-refractivity contribution is -0.151. The molecule has 0 saturated carbocycles. The van der Waals surface area contributed by atoms with Crippen LogP contribution in [0.4, 0.5) is 0 Å². The van der Waals surface area contributed by atoms with Crippen molar-refractivity contribution in [1.29, 1.82) is 0 Å². The number of nitrogens with zero attached hydrogens (tertiary/aromatic N) is 1. The Morgan fingerprint density at radius 3 is 1.58 bits per heavy atom. The second-order valence-electron chi connectivity index (χ2n) is 8.61. The van der Waals surface area contributed by atoms with Crippen LogP contribution in [-0.4, -0.2) is 21.9 Å². The minimum atomic E-state index is -1.97. The van der Waals surface area contributed by atoms with Gasteiger partial charge in [0.25, 0.3) is 5.91 Å². The maximum absolute atomic E-state index is 13.7. The van der Waals surface area contributed by atoms with Gasteiger partial charge in [0.1, 0.15) is 0 Å². The lowest BCUT2D eigenvalue weighted by Gasteiger charge is -2.35. The smallest absolute Gasteiger partial charge is 0.279 e. The van der Waals surface area contributed by atoms with E-state index in [1.54, 1.807) is 24.3 Å². The third-order valence-electron chi connectivity index (χ3n) is 5.99. The molecule has 3 aromatic carbocycles. The van der Waals surface area contributed by atoms with Crippen LogP contribution >= 0.6 is 0 Å². The average Bonchev–Trinajstić information content (AvgIpc) is 2.80. The highest BCUT2D eigenvalue weighted by molar-refractivity contribution is 5.91. The summed E-state index contributed by atoms with van der Waals surface area (Å²) >= 11 is 0. The first-order chi connectivity index (χ1) is 15.7. The number of hydrogen-bond acceptors (Lipinski definition) is 3. The molecule has 0 fully saturated rings. The lowest BCUT2D eigenvalue weighted by atomic mass is 9.85. The van der Waals surface area contributed by atoms with Crippen molar-refractivity contribution >= 4 is 11.8 Å². The molecular weight excluding hydrogens is 412 g/mol. The molecule has 1 atom stereocenters. The molecule has 172 valence electrons. The maximum Gasteiger partial charge on any atom is 0.279 e. The fourth-order valence-corrected chi connectivity index (χ4v) is 3.94. The summed E-state index contributed by atoms with van der Waals surface area (Å²) in [7, 11) is 0. The molecular formula is C28H32N2O3. The summed E-state index contributed by atoms with van der Waals surface area (Å²) in [4.78, 5) is 26.3. The van der Waals surface area contributed by atoms with Gasteiger partial charge in [-0.05, 0) is 43.9 Å². The van der Waals surface area contributed by atoms with Crippen molar-refractivity contribution in [3.05, 3.63) is 106 Å². The van der Waals surface area contributed by atoms with Gasteiger partial charge in [0.2, 0.25) is 5.91 Å². The second kappa shape index (κ2) is 10.0. The van der Waals surface area contributed by atoms with Crippen molar-refractivity contribution in [1.82, 2.24) is 10.4 Å². The first kappa shape index (κ1) is 24.2. The Hall–Kier alpha value is -3.44. The van der Waals surface area contributed by atoms with Crippen LogP contribution in [0, 0.1) is 20.8 Å². The number of aliphatic hydroxyl groups is 1. The number of hydrogen-bond donors (Lipinski definition) is 2. The molecule has 0 heterocycles. The molecule has 0 aliphatic heterocycles. The van der Waals surface area contributed by atoms with Crippen LogP contribution in [-0.2, 0) is 15.2 Å². The summed E-state index contributed by atoms with van der Waals surface area (Å²) in [6, 6.07) is 21.9. The zero-order valence-corrected chi connectivity index (χ0v) is 19.9. The molecule has 0 aromatic heterocycles. The zero-order valence-electron chi connectivity index (χ0n) is 19.9. The molecule has 0 aliphatic carbocycles. The van der Waals surface area contributed by atoms with Gasteiger partial charge in [-0.25, -0.2) is 5.01 Å². The Morgan fingerprint density at radius 1 is 0.818 bits per heavy atom. The Labute approximate surface area is 196 Å². The van der Waals surface area contributed by atoms with E-state index in [-0.39, 0.29) is 11.9 Å². The molecule has 0 spiro atoms. The van der Waals surface area contributed by atoms with Crippen LogP contribution in [0.3, 0.4) is 0 Å². The maximum atomic E-state index is 13.7. The molecule has 0 radical (unpaired) electrons. The number of amides is 2. The molecule has 33 heavy (non-hydrogen) atoms. The summed E-state index contributed by atoms with van der Waals surface area (Å²) in [5, 5.41) is 13.2. The minimum Gasteiger partial charge on any atom is -0.372 e. The van der Waals surface area contributed by atoms with Gasteiger partial charge >= 0.3 is 0 Å². The first-order valence-electron chi connectivity index (χ1n) is 11.2. The molecule has 5 nitrogen and oxygen atoms in total. The van der Waals surface area contributed by atoms with Crippen LogP contribution < -0.4 is 5.43 Å². The highest BCUT2D eigenvalue weighted by Crippen LogP contribution is 2.32. The van der Waals surface area contributed by atoms with Gasteiger partial charge in [0.05, 0.1) is 6.04 Å². The number of nitrogens with one attached hydrogen (secondary N) is 1. The molecule has 0 aliphatic rings. The highest BCUT2D eigenvalue weighted by Gasteiger charge is 2.42. The van der Waals surface area contributed by atoms with E-state index < -0.39 is 11.5 Å². The highest BCUT2D eigenvalue weighted by atomic mass is 16.3. The third-order valence-corrected chi connectivity index (χ3v) is 5.99. The predicted molar refractivity (Wildman–Crippen MR) is 130 cm³/mol.